The molecule has 7 heteroatoms. The lowest BCUT2D eigenvalue weighted by molar-refractivity contribution is 0.0953. The van der Waals surface area contributed by atoms with Crippen molar-refractivity contribution in [2.75, 3.05) is 31.6 Å². The van der Waals surface area contributed by atoms with E-state index in [0.717, 1.165) is 56.8 Å². The molecule has 1 aliphatic heterocycles. The number of aliphatic imine (C=N–C) groups is 1. The largest absolute Gasteiger partial charge is 0.363 e. The van der Waals surface area contributed by atoms with Crippen LogP contribution in [0.5, 0.6) is 0 Å². The van der Waals surface area contributed by atoms with Gasteiger partial charge in [0.25, 0.3) is 5.91 Å². The molecule has 0 aliphatic carbocycles. The standard InChI is InChI=1S/C23H33N5OS/c1-3-4-13-25-22(29)19-9-7-18(8-10-19)17-26-23(24-2)27-20-11-14-28(15-12-20)21-6-5-16-30-21/h5-10,16,20H,3-4,11-15,17H2,1-2H3,(H,25,29)(H2,24,26,27). The summed E-state index contributed by atoms with van der Waals surface area (Å²) in [6, 6.07) is 12.5. The third-order valence-electron chi connectivity index (χ3n) is 5.37. The highest BCUT2D eigenvalue weighted by Crippen LogP contribution is 2.24. The number of benzene rings is 1. The number of unbranched alkanes of at least 4 members (excludes halogenated alkanes) is 1. The van der Waals surface area contributed by atoms with Crippen molar-refractivity contribution < 1.29 is 4.79 Å². The first-order valence-corrected chi connectivity index (χ1v) is 11.7. The van der Waals surface area contributed by atoms with E-state index in [0.29, 0.717) is 18.2 Å². The fourth-order valence-corrected chi connectivity index (χ4v) is 4.31. The maximum Gasteiger partial charge on any atom is 0.251 e. The predicted octanol–water partition coefficient (Wildman–Crippen LogP) is 3.61. The average molecular weight is 428 g/mol. The van der Waals surface area contributed by atoms with Gasteiger partial charge in [0, 0.05) is 44.8 Å². The summed E-state index contributed by atoms with van der Waals surface area (Å²) < 4.78 is 0. The van der Waals surface area contributed by atoms with Crippen molar-refractivity contribution in [1.29, 1.82) is 0 Å². The van der Waals surface area contributed by atoms with E-state index < -0.39 is 0 Å². The van der Waals surface area contributed by atoms with Gasteiger partial charge in [-0.25, -0.2) is 0 Å². The van der Waals surface area contributed by atoms with E-state index in [1.165, 1.54) is 5.00 Å². The molecule has 6 nitrogen and oxygen atoms in total. The maximum atomic E-state index is 12.1. The summed E-state index contributed by atoms with van der Waals surface area (Å²) in [5.74, 6) is 0.820. The monoisotopic (exact) mass is 427 g/mol. The Morgan fingerprint density at radius 1 is 1.17 bits per heavy atom. The topological polar surface area (TPSA) is 68.8 Å². The van der Waals surface area contributed by atoms with Crippen molar-refractivity contribution in [1.82, 2.24) is 16.0 Å². The van der Waals surface area contributed by atoms with Crippen molar-refractivity contribution in [3.05, 3.63) is 52.9 Å². The highest BCUT2D eigenvalue weighted by Gasteiger charge is 2.20. The molecule has 1 fully saturated rings. The summed E-state index contributed by atoms with van der Waals surface area (Å²) in [5.41, 5.74) is 1.82. The summed E-state index contributed by atoms with van der Waals surface area (Å²) >= 11 is 1.81. The molecule has 0 spiro atoms. The fourth-order valence-electron chi connectivity index (χ4n) is 3.52. The van der Waals surface area contributed by atoms with E-state index in [1.807, 2.05) is 24.3 Å². The quantitative estimate of drug-likeness (QED) is 0.342. The Morgan fingerprint density at radius 2 is 1.93 bits per heavy atom. The van der Waals surface area contributed by atoms with Crippen LogP contribution in [0, 0.1) is 0 Å². The van der Waals surface area contributed by atoms with E-state index in [4.69, 9.17) is 0 Å². The van der Waals surface area contributed by atoms with Crippen molar-refractivity contribution in [3.8, 4) is 0 Å². The van der Waals surface area contributed by atoms with Gasteiger partial charge in [0.2, 0.25) is 0 Å². The summed E-state index contributed by atoms with van der Waals surface area (Å²) in [7, 11) is 1.81. The molecule has 30 heavy (non-hydrogen) atoms. The first-order valence-electron chi connectivity index (χ1n) is 10.8. The zero-order valence-corrected chi connectivity index (χ0v) is 18.8. The minimum Gasteiger partial charge on any atom is -0.363 e. The summed E-state index contributed by atoms with van der Waals surface area (Å²) in [4.78, 5) is 18.9. The Morgan fingerprint density at radius 3 is 2.57 bits per heavy atom. The van der Waals surface area contributed by atoms with Gasteiger partial charge in [0.15, 0.2) is 5.96 Å². The molecular weight excluding hydrogens is 394 g/mol. The minimum absolute atomic E-state index is 0.00525. The van der Waals surface area contributed by atoms with E-state index in [9.17, 15) is 4.79 Å². The molecule has 2 aromatic rings. The molecule has 1 amide bonds. The van der Waals surface area contributed by atoms with Crippen LogP contribution in [0.1, 0.15) is 48.5 Å². The molecule has 3 N–H and O–H groups in total. The number of hydrogen-bond acceptors (Lipinski definition) is 4. The van der Waals surface area contributed by atoms with E-state index in [1.54, 1.807) is 18.4 Å². The lowest BCUT2D eigenvalue weighted by Crippen LogP contribution is -2.48. The van der Waals surface area contributed by atoms with Gasteiger partial charge in [-0.1, -0.05) is 25.5 Å². The average Bonchev–Trinajstić information content (AvgIpc) is 3.32. The highest BCUT2D eigenvalue weighted by molar-refractivity contribution is 7.14. The van der Waals surface area contributed by atoms with Crippen LogP contribution in [-0.2, 0) is 6.54 Å². The van der Waals surface area contributed by atoms with Gasteiger partial charge in [-0.2, -0.15) is 0 Å². The second-order valence-corrected chi connectivity index (χ2v) is 8.52. The van der Waals surface area contributed by atoms with Crippen molar-refractivity contribution >= 4 is 28.2 Å². The van der Waals surface area contributed by atoms with Gasteiger partial charge in [-0.05, 0) is 54.5 Å². The number of carbonyl (C=O) groups is 1. The SMILES string of the molecule is CCCCNC(=O)c1ccc(CNC(=NC)NC2CCN(c3cccs3)CC2)cc1. The minimum atomic E-state index is -0.00525. The number of hydrogen-bond donors (Lipinski definition) is 3. The van der Waals surface area contributed by atoms with Gasteiger partial charge in [0.1, 0.15) is 0 Å². The van der Waals surface area contributed by atoms with E-state index in [2.05, 4.69) is 50.3 Å². The molecule has 1 aromatic carbocycles. The third-order valence-corrected chi connectivity index (χ3v) is 6.30. The maximum absolute atomic E-state index is 12.1. The summed E-state index contributed by atoms with van der Waals surface area (Å²) in [5, 5.41) is 13.4. The van der Waals surface area contributed by atoms with Crippen LogP contribution in [0.2, 0.25) is 0 Å². The molecule has 0 atom stereocenters. The number of nitrogens with zero attached hydrogens (tertiary/aromatic N) is 2. The van der Waals surface area contributed by atoms with Crippen LogP contribution >= 0.6 is 11.3 Å². The zero-order chi connectivity index (χ0) is 21.2. The summed E-state index contributed by atoms with van der Waals surface area (Å²) in [6.45, 7) is 5.65. The van der Waals surface area contributed by atoms with Gasteiger partial charge >= 0.3 is 0 Å². The number of amides is 1. The highest BCUT2D eigenvalue weighted by atomic mass is 32.1. The number of nitrogens with one attached hydrogen (secondary N) is 3. The van der Waals surface area contributed by atoms with Crippen LogP contribution in [0.25, 0.3) is 0 Å². The number of carbonyl (C=O) groups excluding carboxylic acids is 1. The van der Waals surface area contributed by atoms with Gasteiger partial charge in [0.05, 0.1) is 5.00 Å². The number of guanidine groups is 1. The first kappa shape index (κ1) is 22.2. The van der Waals surface area contributed by atoms with Crippen molar-refractivity contribution in [2.24, 2.45) is 4.99 Å². The van der Waals surface area contributed by atoms with Crippen LogP contribution in [-0.4, -0.2) is 44.6 Å². The molecule has 3 rings (SSSR count). The van der Waals surface area contributed by atoms with Gasteiger partial charge in [-0.3, -0.25) is 9.79 Å². The fraction of sp³-hybridized carbons (Fsp3) is 0.478. The number of rotatable bonds is 8. The number of piperidine rings is 1. The molecule has 0 bridgehead atoms. The molecule has 0 unspecified atom stereocenters. The number of thiophene rings is 1. The lowest BCUT2D eigenvalue weighted by Gasteiger charge is -2.33. The smallest absolute Gasteiger partial charge is 0.251 e. The molecular formula is C23H33N5OS. The molecule has 0 saturated carbocycles. The van der Waals surface area contributed by atoms with Crippen LogP contribution < -0.4 is 20.9 Å². The van der Waals surface area contributed by atoms with Crippen LogP contribution in [0.4, 0.5) is 5.00 Å². The van der Waals surface area contributed by atoms with Crippen LogP contribution in [0.3, 0.4) is 0 Å². The molecule has 162 valence electrons. The Kier molecular flexibility index (Phi) is 8.56. The predicted molar refractivity (Wildman–Crippen MR) is 127 cm³/mol. The Labute approximate surface area is 183 Å². The third kappa shape index (κ3) is 6.49. The van der Waals surface area contributed by atoms with Gasteiger partial charge < -0.3 is 20.9 Å². The Bertz CT molecular complexity index is 796. The summed E-state index contributed by atoms with van der Waals surface area (Å²) in [6.07, 6.45) is 4.28. The first-order chi connectivity index (χ1) is 14.7. The van der Waals surface area contributed by atoms with E-state index >= 15 is 0 Å². The van der Waals surface area contributed by atoms with Crippen molar-refractivity contribution in [3.63, 3.8) is 0 Å². The van der Waals surface area contributed by atoms with Crippen LogP contribution in [0.15, 0.2) is 46.8 Å². The second-order valence-electron chi connectivity index (χ2n) is 7.59. The molecule has 1 aliphatic rings. The molecule has 0 radical (unpaired) electrons. The van der Waals surface area contributed by atoms with E-state index in [-0.39, 0.29) is 5.91 Å². The molecule has 2 heterocycles. The van der Waals surface area contributed by atoms with Gasteiger partial charge in [-0.15, -0.1) is 11.3 Å². The number of anilines is 1. The lowest BCUT2D eigenvalue weighted by atomic mass is 10.1. The second kappa shape index (κ2) is 11.6. The Hall–Kier alpha value is -2.54. The zero-order valence-electron chi connectivity index (χ0n) is 18.0. The Balaban J connectivity index is 1.41. The normalized spacial score (nSPS) is 15.1. The molecule has 1 saturated heterocycles. The van der Waals surface area contributed by atoms with Crippen molar-refractivity contribution in [2.45, 2.75) is 45.2 Å². The molecule has 1 aromatic heterocycles.